The maximum Gasteiger partial charge on any atom is 0.472 e. The Morgan fingerprint density at radius 3 is 2.77 bits per heavy atom. The van der Waals surface area contributed by atoms with E-state index < -0.39 is 38.7 Å². The van der Waals surface area contributed by atoms with E-state index in [9.17, 15) is 19.9 Å². The van der Waals surface area contributed by atoms with Crippen LogP contribution < -0.4 is 0 Å². The number of phosphoric acid groups is 1. The first kappa shape index (κ1) is 19.6. The molecule has 1 unspecified atom stereocenters. The molecule has 0 aliphatic carbocycles. The highest BCUT2D eigenvalue weighted by atomic mass is 32.2. The average Bonchev–Trinajstić information content (AvgIpc) is 3.09. The van der Waals surface area contributed by atoms with Crippen LogP contribution in [-0.2, 0) is 13.8 Å². The van der Waals surface area contributed by atoms with Crippen molar-refractivity contribution in [3.05, 3.63) is 12.5 Å². The summed E-state index contributed by atoms with van der Waals surface area (Å²) in [6.07, 6.45) is -5.44. The fourth-order valence-electron chi connectivity index (χ4n) is 2.60. The Morgan fingerprint density at radius 2 is 2.12 bits per heavy atom. The van der Waals surface area contributed by atoms with Crippen LogP contribution in [0, 0.1) is 0 Å². The van der Waals surface area contributed by atoms with Crippen molar-refractivity contribution in [1.82, 2.24) is 19.7 Å². The van der Waals surface area contributed by atoms with Crippen molar-refractivity contribution in [3.8, 4) is 0 Å². The third-order valence-corrected chi connectivity index (χ3v) is 5.06. The number of hydrogen-bond acceptors (Lipinski definition) is 10. The summed E-state index contributed by atoms with van der Waals surface area (Å²) in [6, 6.07) is 0. The van der Waals surface area contributed by atoms with Crippen LogP contribution in [-0.4, -0.2) is 75.2 Å². The van der Waals surface area contributed by atoms with E-state index in [4.69, 9.17) is 14.5 Å². The fraction of sp³-hybridized carbons (Fsp3) is 0.583. The van der Waals surface area contributed by atoms with Crippen LogP contribution >= 0.6 is 19.6 Å². The molecule has 1 aliphatic heterocycles. The van der Waals surface area contributed by atoms with Gasteiger partial charge < -0.3 is 29.8 Å². The van der Waals surface area contributed by atoms with Gasteiger partial charge in [-0.2, -0.15) is 5.10 Å². The maximum atomic E-state index is 10.8. The van der Waals surface area contributed by atoms with Crippen LogP contribution in [0.15, 0.2) is 17.6 Å². The van der Waals surface area contributed by atoms with Crippen LogP contribution in [0.2, 0.25) is 0 Å². The van der Waals surface area contributed by atoms with Gasteiger partial charge in [-0.3, -0.25) is 4.52 Å². The van der Waals surface area contributed by atoms with Gasteiger partial charge >= 0.3 is 7.82 Å². The molecule has 3 heterocycles. The summed E-state index contributed by atoms with van der Waals surface area (Å²) in [5, 5.41) is 35.4. The molecule has 5 atom stereocenters. The number of aromatic nitrogens is 4. The number of hydrogen-bond donors (Lipinski definition) is 5. The minimum atomic E-state index is -5.02. The molecule has 2 aromatic rings. The smallest absolute Gasteiger partial charge is 0.387 e. The molecule has 0 amide bonds. The quantitative estimate of drug-likeness (QED) is 0.170. The maximum absolute atomic E-state index is 10.8. The van der Waals surface area contributed by atoms with Crippen LogP contribution in [0.1, 0.15) is 13.2 Å². The molecule has 1 fully saturated rings. The van der Waals surface area contributed by atoms with Gasteiger partial charge in [0.05, 0.1) is 11.6 Å². The lowest BCUT2D eigenvalue weighted by Crippen LogP contribution is -2.39. The zero-order valence-corrected chi connectivity index (χ0v) is 15.1. The van der Waals surface area contributed by atoms with Crippen molar-refractivity contribution in [2.24, 2.45) is 0 Å². The molecule has 0 bridgehead atoms. The monoisotopic (exact) mass is 408 g/mol. The summed E-state index contributed by atoms with van der Waals surface area (Å²) >= 11 is 1.47. The predicted molar refractivity (Wildman–Crippen MR) is 86.8 cm³/mol. The highest BCUT2D eigenvalue weighted by molar-refractivity contribution is 7.99. The van der Waals surface area contributed by atoms with Crippen molar-refractivity contribution < 1.29 is 38.9 Å². The topological polar surface area (TPSA) is 180 Å². The average molecular weight is 408 g/mol. The van der Waals surface area contributed by atoms with E-state index in [1.165, 1.54) is 29.0 Å². The fourth-order valence-corrected chi connectivity index (χ4v) is 3.70. The molecule has 1 aliphatic rings. The number of aliphatic hydroxyl groups is 3. The van der Waals surface area contributed by atoms with Gasteiger partial charge in [0.1, 0.15) is 29.7 Å². The SMILES string of the molecule is CCSc1ncnc2c1cnn2[C@@H]1O[C@H](C(O)OP(=O)(O)O)[C@@H](O)[C@H]1O. The van der Waals surface area contributed by atoms with E-state index in [1.807, 2.05) is 6.92 Å². The Hall–Kier alpha value is -1.15. The molecule has 0 radical (unpaired) electrons. The largest absolute Gasteiger partial charge is 0.472 e. The third kappa shape index (κ3) is 3.76. The van der Waals surface area contributed by atoms with Crippen molar-refractivity contribution in [2.75, 3.05) is 5.75 Å². The normalized spacial score (nSPS) is 27.9. The highest BCUT2D eigenvalue weighted by Gasteiger charge is 2.49. The molecule has 5 N–H and O–H groups in total. The van der Waals surface area contributed by atoms with E-state index in [2.05, 4.69) is 19.6 Å². The highest BCUT2D eigenvalue weighted by Crippen LogP contribution is 2.41. The summed E-state index contributed by atoms with van der Waals surface area (Å²) in [5.74, 6) is 0.770. The summed E-state index contributed by atoms with van der Waals surface area (Å²) in [6.45, 7) is 1.95. The number of ether oxygens (including phenoxy) is 1. The van der Waals surface area contributed by atoms with Gasteiger partial charge in [0.25, 0.3) is 0 Å². The predicted octanol–water partition coefficient (Wildman–Crippen LogP) is -1.01. The first-order valence-corrected chi connectivity index (χ1v) is 9.99. The van der Waals surface area contributed by atoms with Crippen molar-refractivity contribution in [1.29, 1.82) is 0 Å². The van der Waals surface area contributed by atoms with Crippen LogP contribution in [0.25, 0.3) is 11.0 Å². The first-order chi connectivity index (χ1) is 12.2. The molecule has 3 rings (SSSR count). The van der Waals surface area contributed by atoms with Crippen molar-refractivity contribution in [3.63, 3.8) is 0 Å². The Bertz CT molecular complexity index is 831. The zero-order chi connectivity index (χ0) is 19.1. The molecule has 144 valence electrons. The van der Waals surface area contributed by atoms with Gasteiger partial charge in [0, 0.05) is 0 Å². The van der Waals surface area contributed by atoms with Gasteiger partial charge in [-0.25, -0.2) is 19.2 Å². The lowest BCUT2D eigenvalue weighted by molar-refractivity contribution is -0.162. The van der Waals surface area contributed by atoms with Gasteiger partial charge in [0.2, 0.25) is 0 Å². The molecule has 0 spiro atoms. The van der Waals surface area contributed by atoms with Crippen LogP contribution in [0.4, 0.5) is 0 Å². The second kappa shape index (κ2) is 7.46. The Balaban J connectivity index is 1.89. The molecule has 2 aromatic heterocycles. The molecule has 0 saturated carbocycles. The Morgan fingerprint density at radius 1 is 1.38 bits per heavy atom. The number of thioether (sulfide) groups is 1. The van der Waals surface area contributed by atoms with Crippen molar-refractivity contribution in [2.45, 2.75) is 42.8 Å². The second-order valence-electron chi connectivity index (χ2n) is 5.40. The summed E-state index contributed by atoms with van der Waals surface area (Å²) in [7, 11) is -5.02. The summed E-state index contributed by atoms with van der Waals surface area (Å²) in [4.78, 5) is 25.8. The van der Waals surface area contributed by atoms with Gasteiger partial charge in [-0.1, -0.05) is 6.92 Å². The van der Waals surface area contributed by atoms with E-state index in [0.29, 0.717) is 16.1 Å². The minimum Gasteiger partial charge on any atom is -0.387 e. The Labute approximate surface area is 151 Å². The van der Waals surface area contributed by atoms with Gasteiger partial charge in [-0.15, -0.1) is 11.8 Å². The van der Waals surface area contributed by atoms with E-state index in [0.717, 1.165) is 5.75 Å². The second-order valence-corrected chi connectivity index (χ2v) is 7.84. The zero-order valence-electron chi connectivity index (χ0n) is 13.4. The van der Waals surface area contributed by atoms with Crippen LogP contribution in [0.3, 0.4) is 0 Å². The number of nitrogens with zero attached hydrogens (tertiary/aromatic N) is 4. The molecular formula is C12H17N4O8PS. The first-order valence-electron chi connectivity index (χ1n) is 7.47. The van der Waals surface area contributed by atoms with Crippen molar-refractivity contribution >= 4 is 30.6 Å². The lowest BCUT2D eigenvalue weighted by Gasteiger charge is -2.21. The molecule has 12 nitrogen and oxygen atoms in total. The summed E-state index contributed by atoms with van der Waals surface area (Å²) in [5.41, 5.74) is 0.332. The van der Waals surface area contributed by atoms with E-state index >= 15 is 0 Å². The molecule has 0 aromatic carbocycles. The third-order valence-electron chi connectivity index (χ3n) is 3.68. The molecule has 14 heteroatoms. The molecular weight excluding hydrogens is 391 g/mol. The minimum absolute atomic E-state index is 0.332. The Kier molecular flexibility index (Phi) is 5.63. The molecule has 1 saturated heterocycles. The van der Waals surface area contributed by atoms with E-state index in [1.54, 1.807) is 0 Å². The number of rotatable bonds is 6. The van der Waals surface area contributed by atoms with E-state index in [-0.39, 0.29) is 0 Å². The number of phosphoric ester groups is 1. The number of fused-ring (bicyclic) bond motifs is 1. The number of aliphatic hydroxyl groups excluding tert-OH is 3. The molecule has 26 heavy (non-hydrogen) atoms. The summed E-state index contributed by atoms with van der Waals surface area (Å²) < 4.78 is 21.5. The van der Waals surface area contributed by atoms with Crippen LogP contribution in [0.5, 0.6) is 0 Å². The van der Waals surface area contributed by atoms with Gasteiger partial charge in [0.15, 0.2) is 18.2 Å². The van der Waals surface area contributed by atoms with Gasteiger partial charge in [-0.05, 0) is 5.75 Å². The lowest BCUT2D eigenvalue weighted by atomic mass is 10.1. The standard InChI is InChI=1S/C12H17N4O8PS/c1-2-26-10-5-3-15-16(9(5)13-4-14-10)11-7(18)6(17)8(23-11)12(19)24-25(20,21)22/h3-4,6-8,11-12,17-19H,2H2,1H3,(H2,20,21,22)/t6-,7+,8-,11+,12?/m0/s1.